The van der Waals surface area contributed by atoms with Crippen molar-refractivity contribution in [3.8, 4) is 5.69 Å². The predicted molar refractivity (Wildman–Crippen MR) is 85.3 cm³/mol. The van der Waals surface area contributed by atoms with Crippen LogP contribution in [0.4, 0.5) is 0 Å². The molecule has 3 aromatic rings. The molecule has 1 atom stereocenters. The standard InChI is InChI=1S/C17H18N4O2/c1-13(9-10-15-8-5-11-23-15)19-17(22)16-12-18-21(20-16)14-6-3-2-4-7-14/h2-8,11-13H,9-10H2,1H3,(H,19,22). The summed E-state index contributed by atoms with van der Waals surface area (Å²) in [7, 11) is 0. The lowest BCUT2D eigenvalue weighted by atomic mass is 10.1. The van der Waals surface area contributed by atoms with Gasteiger partial charge in [0.05, 0.1) is 18.1 Å². The normalized spacial score (nSPS) is 12.0. The third-order valence-corrected chi connectivity index (χ3v) is 3.49. The molecule has 1 N–H and O–H groups in total. The van der Waals surface area contributed by atoms with Crippen molar-refractivity contribution in [2.75, 3.05) is 0 Å². The van der Waals surface area contributed by atoms with E-state index in [1.54, 1.807) is 6.26 Å². The van der Waals surface area contributed by atoms with E-state index in [-0.39, 0.29) is 11.9 Å². The van der Waals surface area contributed by atoms with Crippen molar-refractivity contribution in [3.63, 3.8) is 0 Å². The molecule has 0 radical (unpaired) electrons. The lowest BCUT2D eigenvalue weighted by Gasteiger charge is -2.11. The van der Waals surface area contributed by atoms with Crippen LogP contribution in [-0.2, 0) is 6.42 Å². The highest BCUT2D eigenvalue weighted by Gasteiger charge is 2.14. The van der Waals surface area contributed by atoms with Crippen molar-refractivity contribution in [1.82, 2.24) is 20.3 Å². The van der Waals surface area contributed by atoms with Crippen LogP contribution in [0.3, 0.4) is 0 Å². The number of hydrogen-bond acceptors (Lipinski definition) is 4. The van der Waals surface area contributed by atoms with Gasteiger partial charge in [0.15, 0.2) is 5.69 Å². The summed E-state index contributed by atoms with van der Waals surface area (Å²) in [6.07, 6.45) is 4.71. The molecule has 23 heavy (non-hydrogen) atoms. The molecule has 0 aliphatic heterocycles. The molecule has 1 aromatic carbocycles. The summed E-state index contributed by atoms with van der Waals surface area (Å²) in [5, 5.41) is 11.3. The van der Waals surface area contributed by atoms with Gasteiger partial charge in [0.2, 0.25) is 0 Å². The number of carbonyl (C=O) groups excluding carboxylic acids is 1. The number of aromatic nitrogens is 3. The molecule has 6 heteroatoms. The fourth-order valence-electron chi connectivity index (χ4n) is 2.24. The average molecular weight is 310 g/mol. The fourth-order valence-corrected chi connectivity index (χ4v) is 2.24. The maximum absolute atomic E-state index is 12.2. The minimum Gasteiger partial charge on any atom is -0.469 e. The average Bonchev–Trinajstić information content (AvgIpc) is 3.25. The van der Waals surface area contributed by atoms with Crippen LogP contribution in [-0.4, -0.2) is 26.9 Å². The van der Waals surface area contributed by atoms with Gasteiger partial charge in [0.1, 0.15) is 5.76 Å². The Hall–Kier alpha value is -2.89. The zero-order valence-electron chi connectivity index (χ0n) is 12.8. The summed E-state index contributed by atoms with van der Waals surface area (Å²) in [5.74, 6) is 0.695. The van der Waals surface area contributed by atoms with E-state index in [1.807, 2.05) is 49.4 Å². The summed E-state index contributed by atoms with van der Waals surface area (Å²) in [5.41, 5.74) is 1.12. The van der Waals surface area contributed by atoms with E-state index in [0.717, 1.165) is 24.3 Å². The molecule has 2 aromatic heterocycles. The number of carbonyl (C=O) groups is 1. The van der Waals surface area contributed by atoms with E-state index in [4.69, 9.17) is 4.42 Å². The second-order valence-corrected chi connectivity index (χ2v) is 5.35. The molecule has 6 nitrogen and oxygen atoms in total. The SMILES string of the molecule is CC(CCc1ccco1)NC(=O)c1cnn(-c2ccccc2)n1. The first-order chi connectivity index (χ1) is 11.2. The van der Waals surface area contributed by atoms with Gasteiger partial charge in [-0.25, -0.2) is 0 Å². The monoisotopic (exact) mass is 310 g/mol. The molecule has 3 rings (SSSR count). The zero-order valence-corrected chi connectivity index (χ0v) is 12.8. The van der Waals surface area contributed by atoms with Crippen LogP contribution in [0.2, 0.25) is 0 Å². The van der Waals surface area contributed by atoms with Gasteiger partial charge in [-0.3, -0.25) is 4.79 Å². The van der Waals surface area contributed by atoms with Gasteiger partial charge in [-0.2, -0.15) is 9.90 Å². The first-order valence-corrected chi connectivity index (χ1v) is 7.53. The Balaban J connectivity index is 1.57. The van der Waals surface area contributed by atoms with E-state index in [0.29, 0.717) is 5.69 Å². The van der Waals surface area contributed by atoms with Crippen LogP contribution in [0.5, 0.6) is 0 Å². The molecular weight excluding hydrogens is 292 g/mol. The number of amides is 1. The van der Waals surface area contributed by atoms with Crippen molar-refractivity contribution in [2.24, 2.45) is 0 Å². The number of hydrogen-bond donors (Lipinski definition) is 1. The van der Waals surface area contributed by atoms with Gasteiger partial charge in [-0.1, -0.05) is 18.2 Å². The highest BCUT2D eigenvalue weighted by atomic mass is 16.3. The van der Waals surface area contributed by atoms with Crippen molar-refractivity contribution >= 4 is 5.91 Å². The zero-order chi connectivity index (χ0) is 16.1. The molecule has 0 fully saturated rings. The third kappa shape index (κ3) is 3.85. The van der Waals surface area contributed by atoms with Crippen LogP contribution in [0.15, 0.2) is 59.3 Å². The minimum absolute atomic E-state index is 0.0227. The molecule has 118 valence electrons. The van der Waals surface area contributed by atoms with E-state index in [2.05, 4.69) is 15.5 Å². The Bertz CT molecular complexity index is 750. The largest absolute Gasteiger partial charge is 0.469 e. The lowest BCUT2D eigenvalue weighted by Crippen LogP contribution is -2.33. The van der Waals surface area contributed by atoms with Gasteiger partial charge in [-0.15, -0.1) is 5.10 Å². The highest BCUT2D eigenvalue weighted by Crippen LogP contribution is 2.07. The lowest BCUT2D eigenvalue weighted by molar-refractivity contribution is 0.0932. The molecule has 0 saturated carbocycles. The molecule has 1 unspecified atom stereocenters. The molecule has 0 aliphatic rings. The molecular formula is C17H18N4O2. The van der Waals surface area contributed by atoms with Crippen LogP contribution >= 0.6 is 0 Å². The summed E-state index contributed by atoms with van der Waals surface area (Å²) in [6.45, 7) is 1.96. The second-order valence-electron chi connectivity index (χ2n) is 5.35. The van der Waals surface area contributed by atoms with Crippen LogP contribution in [0.25, 0.3) is 5.69 Å². The molecule has 1 amide bonds. The number of furan rings is 1. The maximum atomic E-state index is 12.2. The van der Waals surface area contributed by atoms with Crippen molar-refractivity contribution in [3.05, 3.63) is 66.4 Å². The van der Waals surface area contributed by atoms with Gasteiger partial charge < -0.3 is 9.73 Å². The van der Waals surface area contributed by atoms with E-state index < -0.39 is 0 Å². The topological polar surface area (TPSA) is 73.0 Å². The number of para-hydroxylation sites is 1. The fraction of sp³-hybridized carbons (Fsp3) is 0.235. The Morgan fingerprint density at radius 1 is 1.26 bits per heavy atom. The van der Waals surface area contributed by atoms with Crippen LogP contribution < -0.4 is 5.32 Å². The van der Waals surface area contributed by atoms with Crippen molar-refractivity contribution in [2.45, 2.75) is 25.8 Å². The number of benzene rings is 1. The maximum Gasteiger partial charge on any atom is 0.273 e. The second kappa shape index (κ2) is 6.91. The van der Waals surface area contributed by atoms with Gasteiger partial charge >= 0.3 is 0 Å². The molecule has 0 bridgehead atoms. The Morgan fingerprint density at radius 2 is 2.09 bits per heavy atom. The Labute approximate surface area is 134 Å². The number of aryl methyl sites for hydroxylation is 1. The number of nitrogens with zero attached hydrogens (tertiary/aromatic N) is 3. The molecule has 2 heterocycles. The summed E-state index contributed by atoms with van der Waals surface area (Å²) < 4.78 is 5.29. The molecule has 0 spiro atoms. The van der Waals surface area contributed by atoms with Gasteiger partial charge in [0, 0.05) is 12.5 Å². The third-order valence-electron chi connectivity index (χ3n) is 3.49. The summed E-state index contributed by atoms with van der Waals surface area (Å²) in [4.78, 5) is 13.7. The van der Waals surface area contributed by atoms with Crippen molar-refractivity contribution in [1.29, 1.82) is 0 Å². The molecule has 0 saturated heterocycles. The van der Waals surface area contributed by atoms with Gasteiger partial charge in [-0.05, 0) is 37.6 Å². The van der Waals surface area contributed by atoms with Crippen LogP contribution in [0.1, 0.15) is 29.6 Å². The van der Waals surface area contributed by atoms with Crippen molar-refractivity contribution < 1.29 is 9.21 Å². The van der Waals surface area contributed by atoms with E-state index in [9.17, 15) is 4.79 Å². The molecule has 0 aliphatic carbocycles. The number of rotatable bonds is 6. The first-order valence-electron chi connectivity index (χ1n) is 7.53. The summed E-state index contributed by atoms with van der Waals surface area (Å²) in [6, 6.07) is 13.3. The smallest absolute Gasteiger partial charge is 0.273 e. The minimum atomic E-state index is -0.223. The number of nitrogens with one attached hydrogen (secondary N) is 1. The first kappa shape index (κ1) is 15.0. The Kier molecular flexibility index (Phi) is 4.52. The predicted octanol–water partition coefficient (Wildman–Crippen LogP) is 2.61. The Morgan fingerprint density at radius 3 is 2.83 bits per heavy atom. The van der Waals surface area contributed by atoms with Crippen LogP contribution in [0, 0.1) is 0 Å². The van der Waals surface area contributed by atoms with E-state index >= 15 is 0 Å². The highest BCUT2D eigenvalue weighted by molar-refractivity contribution is 5.92. The summed E-state index contributed by atoms with van der Waals surface area (Å²) >= 11 is 0. The van der Waals surface area contributed by atoms with Gasteiger partial charge in [0.25, 0.3) is 5.91 Å². The van der Waals surface area contributed by atoms with E-state index in [1.165, 1.54) is 11.0 Å². The quantitative estimate of drug-likeness (QED) is 0.759.